The lowest BCUT2D eigenvalue weighted by atomic mass is 9.93. The molecule has 0 amide bonds. The highest BCUT2D eigenvalue weighted by molar-refractivity contribution is 9.10. The maximum absolute atomic E-state index is 13.3. The standard InChI is InChI=1S/C16H17BrFN/c1-9-8-14(17)10(2)7-13(9)16(19)12-4-5-15(18)11(3)6-12/h4-8,16H,19H2,1-3H3. The van der Waals surface area contributed by atoms with E-state index in [1.54, 1.807) is 13.0 Å². The van der Waals surface area contributed by atoms with E-state index in [0.29, 0.717) is 5.56 Å². The van der Waals surface area contributed by atoms with Crippen LogP contribution in [-0.4, -0.2) is 0 Å². The molecular weight excluding hydrogens is 305 g/mol. The van der Waals surface area contributed by atoms with Crippen LogP contribution in [0.15, 0.2) is 34.8 Å². The molecule has 0 aliphatic carbocycles. The monoisotopic (exact) mass is 321 g/mol. The average Bonchev–Trinajstić information content (AvgIpc) is 2.36. The molecular formula is C16H17BrFN. The van der Waals surface area contributed by atoms with Gasteiger partial charge in [0, 0.05) is 4.47 Å². The summed E-state index contributed by atoms with van der Waals surface area (Å²) in [5.41, 5.74) is 11.2. The van der Waals surface area contributed by atoms with Crippen LogP contribution in [0.3, 0.4) is 0 Å². The minimum Gasteiger partial charge on any atom is -0.320 e. The SMILES string of the molecule is Cc1cc(C(N)c2cc(C)c(Br)cc2C)ccc1F. The summed E-state index contributed by atoms with van der Waals surface area (Å²) in [6.45, 7) is 5.83. The summed E-state index contributed by atoms with van der Waals surface area (Å²) in [4.78, 5) is 0. The summed E-state index contributed by atoms with van der Waals surface area (Å²) >= 11 is 3.52. The van der Waals surface area contributed by atoms with Crippen molar-refractivity contribution < 1.29 is 4.39 Å². The van der Waals surface area contributed by atoms with Gasteiger partial charge in [0.05, 0.1) is 6.04 Å². The molecule has 0 radical (unpaired) electrons. The second-order valence-corrected chi connectivity index (χ2v) is 5.80. The van der Waals surface area contributed by atoms with E-state index in [-0.39, 0.29) is 11.9 Å². The summed E-state index contributed by atoms with van der Waals surface area (Å²) in [7, 11) is 0. The molecule has 0 aliphatic heterocycles. The van der Waals surface area contributed by atoms with E-state index in [2.05, 4.69) is 28.1 Å². The first kappa shape index (κ1) is 14.2. The number of nitrogens with two attached hydrogens (primary N) is 1. The minimum absolute atomic E-state index is 0.195. The normalized spacial score (nSPS) is 12.5. The zero-order valence-electron chi connectivity index (χ0n) is 11.3. The average molecular weight is 322 g/mol. The largest absolute Gasteiger partial charge is 0.320 e. The highest BCUT2D eigenvalue weighted by Crippen LogP contribution is 2.28. The number of halogens is 2. The lowest BCUT2D eigenvalue weighted by Gasteiger charge is -2.17. The van der Waals surface area contributed by atoms with Crippen LogP contribution in [0.5, 0.6) is 0 Å². The lowest BCUT2D eigenvalue weighted by molar-refractivity contribution is 0.617. The van der Waals surface area contributed by atoms with Crippen LogP contribution < -0.4 is 5.73 Å². The second kappa shape index (κ2) is 5.43. The first-order valence-corrected chi connectivity index (χ1v) is 6.97. The van der Waals surface area contributed by atoms with Gasteiger partial charge in [0.15, 0.2) is 0 Å². The molecule has 100 valence electrons. The van der Waals surface area contributed by atoms with Crippen molar-refractivity contribution in [1.82, 2.24) is 0 Å². The smallest absolute Gasteiger partial charge is 0.126 e. The molecule has 19 heavy (non-hydrogen) atoms. The van der Waals surface area contributed by atoms with Crippen molar-refractivity contribution in [2.45, 2.75) is 26.8 Å². The van der Waals surface area contributed by atoms with Crippen molar-refractivity contribution in [3.05, 3.63) is 68.4 Å². The lowest BCUT2D eigenvalue weighted by Crippen LogP contribution is -2.14. The fraction of sp³-hybridized carbons (Fsp3) is 0.250. The Labute approximate surface area is 121 Å². The molecule has 0 fully saturated rings. The van der Waals surface area contributed by atoms with Gasteiger partial charge in [-0.1, -0.05) is 34.1 Å². The van der Waals surface area contributed by atoms with Crippen molar-refractivity contribution in [1.29, 1.82) is 0 Å². The molecule has 0 bridgehead atoms. The van der Waals surface area contributed by atoms with Gasteiger partial charge >= 0.3 is 0 Å². The predicted octanol–water partition coefficient (Wildman–Crippen LogP) is 4.56. The molecule has 0 saturated heterocycles. The second-order valence-electron chi connectivity index (χ2n) is 4.94. The van der Waals surface area contributed by atoms with E-state index in [0.717, 1.165) is 26.7 Å². The zero-order valence-corrected chi connectivity index (χ0v) is 12.9. The van der Waals surface area contributed by atoms with E-state index in [1.807, 2.05) is 19.9 Å². The molecule has 2 N–H and O–H groups in total. The van der Waals surface area contributed by atoms with Gasteiger partial charge < -0.3 is 5.73 Å². The Morgan fingerprint density at radius 1 is 1.00 bits per heavy atom. The van der Waals surface area contributed by atoms with Crippen molar-refractivity contribution in [2.24, 2.45) is 5.73 Å². The maximum atomic E-state index is 13.3. The maximum Gasteiger partial charge on any atom is 0.126 e. The third-order valence-corrected chi connectivity index (χ3v) is 4.28. The Hall–Kier alpha value is -1.19. The predicted molar refractivity (Wildman–Crippen MR) is 80.8 cm³/mol. The van der Waals surface area contributed by atoms with Crippen LogP contribution in [0.1, 0.15) is 33.9 Å². The molecule has 2 aromatic rings. The van der Waals surface area contributed by atoms with Crippen LogP contribution >= 0.6 is 15.9 Å². The van der Waals surface area contributed by atoms with Crippen molar-refractivity contribution >= 4 is 15.9 Å². The molecule has 1 atom stereocenters. The van der Waals surface area contributed by atoms with Gasteiger partial charge in [-0.05, 0) is 60.7 Å². The summed E-state index contributed by atoms with van der Waals surface area (Å²) in [5, 5.41) is 0. The summed E-state index contributed by atoms with van der Waals surface area (Å²) in [5.74, 6) is -0.195. The van der Waals surface area contributed by atoms with Crippen LogP contribution in [0.25, 0.3) is 0 Å². The Balaban J connectivity index is 2.46. The fourth-order valence-electron chi connectivity index (χ4n) is 2.18. The minimum atomic E-state index is -0.230. The number of hydrogen-bond acceptors (Lipinski definition) is 1. The van der Waals surface area contributed by atoms with Gasteiger partial charge in [-0.2, -0.15) is 0 Å². The summed E-state index contributed by atoms with van der Waals surface area (Å²) < 4.78 is 14.4. The van der Waals surface area contributed by atoms with Gasteiger partial charge in [-0.15, -0.1) is 0 Å². The van der Waals surface area contributed by atoms with Crippen LogP contribution in [-0.2, 0) is 0 Å². The van der Waals surface area contributed by atoms with E-state index in [9.17, 15) is 4.39 Å². The first-order chi connectivity index (χ1) is 8.90. The molecule has 2 rings (SSSR count). The molecule has 0 aromatic heterocycles. The topological polar surface area (TPSA) is 26.0 Å². The third kappa shape index (κ3) is 2.88. The number of aryl methyl sites for hydroxylation is 3. The molecule has 0 saturated carbocycles. The fourth-order valence-corrected chi connectivity index (χ4v) is 2.64. The Kier molecular flexibility index (Phi) is 4.07. The van der Waals surface area contributed by atoms with E-state index < -0.39 is 0 Å². The van der Waals surface area contributed by atoms with E-state index >= 15 is 0 Å². The Morgan fingerprint density at radius 2 is 1.68 bits per heavy atom. The molecule has 2 aromatic carbocycles. The third-order valence-electron chi connectivity index (χ3n) is 3.42. The number of benzene rings is 2. The molecule has 0 spiro atoms. The number of hydrogen-bond donors (Lipinski definition) is 1. The molecule has 3 heteroatoms. The Bertz CT molecular complexity index is 622. The van der Waals surface area contributed by atoms with Crippen LogP contribution in [0.2, 0.25) is 0 Å². The molecule has 0 aliphatic rings. The van der Waals surface area contributed by atoms with Crippen molar-refractivity contribution in [3.8, 4) is 0 Å². The van der Waals surface area contributed by atoms with Gasteiger partial charge in [0.1, 0.15) is 5.82 Å². The van der Waals surface area contributed by atoms with Gasteiger partial charge in [0.25, 0.3) is 0 Å². The van der Waals surface area contributed by atoms with Gasteiger partial charge in [0.2, 0.25) is 0 Å². The van der Waals surface area contributed by atoms with E-state index in [4.69, 9.17) is 5.73 Å². The highest BCUT2D eigenvalue weighted by Gasteiger charge is 2.14. The number of rotatable bonds is 2. The zero-order chi connectivity index (χ0) is 14.2. The van der Waals surface area contributed by atoms with Crippen LogP contribution in [0, 0.1) is 26.6 Å². The van der Waals surface area contributed by atoms with Crippen molar-refractivity contribution in [3.63, 3.8) is 0 Å². The summed E-state index contributed by atoms with van der Waals surface area (Å²) in [6, 6.07) is 8.97. The quantitative estimate of drug-likeness (QED) is 0.862. The highest BCUT2D eigenvalue weighted by atomic mass is 79.9. The molecule has 0 heterocycles. The summed E-state index contributed by atoms with van der Waals surface area (Å²) in [6.07, 6.45) is 0. The van der Waals surface area contributed by atoms with E-state index in [1.165, 1.54) is 6.07 Å². The first-order valence-electron chi connectivity index (χ1n) is 6.18. The van der Waals surface area contributed by atoms with Crippen molar-refractivity contribution in [2.75, 3.05) is 0 Å². The van der Waals surface area contributed by atoms with Crippen LogP contribution in [0.4, 0.5) is 4.39 Å². The Morgan fingerprint density at radius 3 is 2.32 bits per heavy atom. The molecule has 1 nitrogen and oxygen atoms in total. The van der Waals surface area contributed by atoms with Gasteiger partial charge in [-0.25, -0.2) is 4.39 Å². The molecule has 1 unspecified atom stereocenters. The van der Waals surface area contributed by atoms with Gasteiger partial charge in [-0.3, -0.25) is 0 Å².